The van der Waals surface area contributed by atoms with Crippen molar-refractivity contribution in [2.24, 2.45) is 0 Å². The van der Waals surface area contributed by atoms with Gasteiger partial charge in [-0.15, -0.1) is 0 Å². The molecule has 2 aromatic rings. The van der Waals surface area contributed by atoms with Gasteiger partial charge in [-0.2, -0.15) is 4.31 Å². The quantitative estimate of drug-likeness (QED) is 0.874. The predicted octanol–water partition coefficient (Wildman–Crippen LogP) is 2.83. The molecule has 22 heavy (non-hydrogen) atoms. The lowest BCUT2D eigenvalue weighted by molar-refractivity contribution is 0.309. The summed E-state index contributed by atoms with van der Waals surface area (Å²) in [5.41, 5.74) is 2.31. The average molecular weight is 317 g/mol. The van der Waals surface area contributed by atoms with E-state index in [1.807, 2.05) is 25.1 Å². The number of benzene rings is 2. The topological polar surface area (TPSA) is 46.6 Å². The first-order chi connectivity index (χ1) is 10.5. The predicted molar refractivity (Wildman–Crippen MR) is 85.3 cm³/mol. The van der Waals surface area contributed by atoms with Gasteiger partial charge in [0.25, 0.3) is 0 Å². The highest BCUT2D eigenvalue weighted by atomic mass is 32.2. The molecule has 0 bridgehead atoms. The van der Waals surface area contributed by atoms with Gasteiger partial charge in [-0.25, -0.2) is 8.42 Å². The maximum atomic E-state index is 12.9. The molecule has 0 aliphatic carbocycles. The summed E-state index contributed by atoms with van der Waals surface area (Å²) in [4.78, 5) is 0.305. The summed E-state index contributed by atoms with van der Waals surface area (Å²) in [5.74, 6) is 0.649. The lowest BCUT2D eigenvalue weighted by Crippen LogP contribution is -2.42. The second-order valence-corrected chi connectivity index (χ2v) is 7.44. The first-order valence-corrected chi connectivity index (χ1v) is 8.69. The van der Waals surface area contributed by atoms with E-state index in [1.54, 1.807) is 35.7 Å². The summed E-state index contributed by atoms with van der Waals surface area (Å²) in [6.45, 7) is 2.38. The van der Waals surface area contributed by atoms with E-state index in [0.29, 0.717) is 17.2 Å². The number of hydrogen-bond donors (Lipinski definition) is 0. The zero-order valence-electron chi connectivity index (χ0n) is 12.7. The van der Waals surface area contributed by atoms with Gasteiger partial charge in [0.15, 0.2) is 0 Å². The van der Waals surface area contributed by atoms with Gasteiger partial charge in [0.1, 0.15) is 5.75 Å². The van der Waals surface area contributed by atoms with E-state index < -0.39 is 10.0 Å². The van der Waals surface area contributed by atoms with Gasteiger partial charge in [0, 0.05) is 12.6 Å². The van der Waals surface area contributed by atoms with Gasteiger partial charge >= 0.3 is 0 Å². The Bertz CT molecular complexity index is 769. The van der Waals surface area contributed by atoms with Crippen LogP contribution in [0.25, 0.3) is 0 Å². The van der Waals surface area contributed by atoms with Crippen LogP contribution in [-0.4, -0.2) is 25.9 Å². The van der Waals surface area contributed by atoms with E-state index in [1.165, 1.54) is 5.56 Å². The molecular weight excluding hydrogens is 298 g/mol. The van der Waals surface area contributed by atoms with Crippen LogP contribution in [0.5, 0.6) is 5.75 Å². The molecule has 2 aromatic carbocycles. The minimum Gasteiger partial charge on any atom is -0.497 e. The Kier molecular flexibility index (Phi) is 3.93. The summed E-state index contributed by atoms with van der Waals surface area (Å²) in [7, 11) is -1.94. The van der Waals surface area contributed by atoms with Crippen LogP contribution < -0.4 is 4.74 Å². The zero-order chi connectivity index (χ0) is 15.7. The van der Waals surface area contributed by atoms with Crippen LogP contribution in [0.1, 0.15) is 18.1 Å². The Morgan fingerprint density at radius 1 is 1.05 bits per heavy atom. The van der Waals surface area contributed by atoms with Crippen LogP contribution in [0, 0.1) is 0 Å². The molecule has 0 saturated heterocycles. The van der Waals surface area contributed by atoms with E-state index in [2.05, 4.69) is 6.07 Å². The Morgan fingerprint density at radius 3 is 2.32 bits per heavy atom. The number of nitrogens with zero attached hydrogens (tertiary/aromatic N) is 1. The van der Waals surface area contributed by atoms with Crippen LogP contribution in [0.4, 0.5) is 0 Å². The fourth-order valence-electron chi connectivity index (χ4n) is 2.86. The maximum absolute atomic E-state index is 12.9. The van der Waals surface area contributed by atoms with E-state index in [4.69, 9.17) is 4.74 Å². The van der Waals surface area contributed by atoms with Crippen LogP contribution in [0.15, 0.2) is 53.4 Å². The Hall–Kier alpha value is -1.85. The summed E-state index contributed by atoms with van der Waals surface area (Å²) in [6.07, 6.45) is 0.742. The standard InChI is InChI=1S/C17H19NO3S/c1-13-11-14-5-3-4-6-15(14)12-18(13)22(19,20)17-9-7-16(21-2)8-10-17/h3-10,13H,11-12H2,1-2H3. The molecule has 1 aliphatic heterocycles. The van der Waals surface area contributed by atoms with Crippen molar-refractivity contribution in [3.05, 3.63) is 59.7 Å². The molecule has 0 N–H and O–H groups in total. The van der Waals surface area contributed by atoms with Crippen molar-refractivity contribution in [1.29, 1.82) is 0 Å². The molecule has 0 aromatic heterocycles. The molecule has 116 valence electrons. The van der Waals surface area contributed by atoms with Crippen molar-refractivity contribution in [3.63, 3.8) is 0 Å². The number of ether oxygens (including phenoxy) is 1. The molecular formula is C17H19NO3S. The third-order valence-corrected chi connectivity index (χ3v) is 6.09. The molecule has 0 amide bonds. The fourth-order valence-corrected chi connectivity index (χ4v) is 4.47. The molecule has 1 atom stereocenters. The molecule has 0 saturated carbocycles. The molecule has 5 heteroatoms. The maximum Gasteiger partial charge on any atom is 0.243 e. The first kappa shape index (κ1) is 15.1. The summed E-state index contributed by atoms with van der Waals surface area (Å²) >= 11 is 0. The van der Waals surface area contributed by atoms with E-state index in [0.717, 1.165) is 12.0 Å². The number of methoxy groups -OCH3 is 1. The lowest BCUT2D eigenvalue weighted by atomic mass is 9.97. The molecule has 1 unspecified atom stereocenters. The van der Waals surface area contributed by atoms with Crippen LogP contribution in [0.3, 0.4) is 0 Å². The second kappa shape index (κ2) is 5.74. The minimum absolute atomic E-state index is 0.0537. The van der Waals surface area contributed by atoms with Crippen molar-refractivity contribution < 1.29 is 13.2 Å². The molecule has 3 rings (SSSR count). The van der Waals surface area contributed by atoms with E-state index >= 15 is 0 Å². The van der Waals surface area contributed by atoms with Gasteiger partial charge in [-0.3, -0.25) is 0 Å². The Morgan fingerprint density at radius 2 is 1.68 bits per heavy atom. The third-order valence-electron chi connectivity index (χ3n) is 4.12. The largest absolute Gasteiger partial charge is 0.497 e. The summed E-state index contributed by atoms with van der Waals surface area (Å²) in [5, 5.41) is 0. The van der Waals surface area contributed by atoms with Gasteiger partial charge in [0.2, 0.25) is 10.0 Å². The zero-order valence-corrected chi connectivity index (χ0v) is 13.5. The van der Waals surface area contributed by atoms with E-state index in [9.17, 15) is 8.42 Å². The molecule has 0 fully saturated rings. The minimum atomic E-state index is -3.50. The SMILES string of the molecule is COc1ccc(S(=O)(=O)N2Cc3ccccc3CC2C)cc1. The fraction of sp³-hybridized carbons (Fsp3) is 0.294. The number of fused-ring (bicyclic) bond motifs is 1. The smallest absolute Gasteiger partial charge is 0.243 e. The highest BCUT2D eigenvalue weighted by Gasteiger charge is 2.33. The molecule has 4 nitrogen and oxygen atoms in total. The highest BCUT2D eigenvalue weighted by molar-refractivity contribution is 7.89. The number of rotatable bonds is 3. The normalized spacial score (nSPS) is 18.7. The monoisotopic (exact) mass is 317 g/mol. The van der Waals surface area contributed by atoms with Gasteiger partial charge < -0.3 is 4.74 Å². The van der Waals surface area contributed by atoms with Gasteiger partial charge in [0.05, 0.1) is 12.0 Å². The first-order valence-electron chi connectivity index (χ1n) is 7.25. The van der Waals surface area contributed by atoms with E-state index in [-0.39, 0.29) is 6.04 Å². The van der Waals surface area contributed by atoms with Crippen molar-refractivity contribution in [1.82, 2.24) is 4.31 Å². The summed E-state index contributed by atoms with van der Waals surface area (Å²) in [6, 6.07) is 14.5. The number of hydrogen-bond acceptors (Lipinski definition) is 3. The Balaban J connectivity index is 1.95. The average Bonchev–Trinajstić information content (AvgIpc) is 2.54. The van der Waals surface area contributed by atoms with Gasteiger partial charge in [-0.1, -0.05) is 24.3 Å². The Labute approximate surface area is 131 Å². The third kappa shape index (κ3) is 2.62. The van der Waals surface area contributed by atoms with Crippen LogP contribution in [-0.2, 0) is 23.0 Å². The number of sulfonamides is 1. The van der Waals surface area contributed by atoms with Gasteiger partial charge in [-0.05, 0) is 48.7 Å². The van der Waals surface area contributed by atoms with Crippen LogP contribution >= 0.6 is 0 Å². The van der Waals surface area contributed by atoms with Crippen molar-refractivity contribution >= 4 is 10.0 Å². The summed E-state index contributed by atoms with van der Waals surface area (Å²) < 4.78 is 32.5. The highest BCUT2D eigenvalue weighted by Crippen LogP contribution is 2.29. The van der Waals surface area contributed by atoms with Crippen LogP contribution in [0.2, 0.25) is 0 Å². The lowest BCUT2D eigenvalue weighted by Gasteiger charge is -2.33. The van der Waals surface area contributed by atoms with Crippen molar-refractivity contribution in [2.75, 3.05) is 7.11 Å². The molecule has 0 spiro atoms. The van der Waals surface area contributed by atoms with Crippen molar-refractivity contribution in [2.45, 2.75) is 30.8 Å². The van der Waals surface area contributed by atoms with Crippen molar-refractivity contribution in [3.8, 4) is 5.75 Å². The molecule has 1 heterocycles. The molecule has 1 aliphatic rings. The molecule has 0 radical (unpaired) electrons. The second-order valence-electron chi connectivity index (χ2n) is 5.55.